The molecule has 1 aromatic heterocycles. The first-order valence-electron chi connectivity index (χ1n) is 4.24. The van der Waals surface area contributed by atoms with Crippen molar-refractivity contribution in [2.45, 2.75) is 31.4 Å². The topological polar surface area (TPSA) is 40.7 Å². The Morgan fingerprint density at radius 2 is 2.38 bits per heavy atom. The Hall–Kier alpha value is -0.970. The van der Waals surface area contributed by atoms with E-state index in [1.807, 2.05) is 0 Å². The summed E-state index contributed by atoms with van der Waals surface area (Å²) in [5, 5.41) is 3.03. The van der Waals surface area contributed by atoms with Crippen molar-refractivity contribution in [3.05, 3.63) is 18.2 Å². The molecule has 1 fully saturated rings. The summed E-state index contributed by atoms with van der Waals surface area (Å²) in [5.41, 5.74) is 0.926. The SMILES string of the molecule is FC1(F)CC(NCc2cnc[nH]2)C1. The molecule has 13 heavy (non-hydrogen) atoms. The molecule has 0 saturated heterocycles. The molecule has 72 valence electrons. The average molecular weight is 187 g/mol. The van der Waals surface area contributed by atoms with E-state index >= 15 is 0 Å². The van der Waals surface area contributed by atoms with Gasteiger partial charge in [-0.15, -0.1) is 0 Å². The van der Waals surface area contributed by atoms with Crippen molar-refractivity contribution < 1.29 is 8.78 Å². The molecule has 0 amide bonds. The van der Waals surface area contributed by atoms with Gasteiger partial charge in [0.1, 0.15) is 0 Å². The maximum atomic E-state index is 12.4. The van der Waals surface area contributed by atoms with Crippen molar-refractivity contribution in [3.63, 3.8) is 0 Å². The van der Waals surface area contributed by atoms with Crippen LogP contribution in [0.1, 0.15) is 18.5 Å². The predicted molar refractivity (Wildman–Crippen MR) is 43.4 cm³/mol. The monoisotopic (exact) mass is 187 g/mol. The molecule has 3 nitrogen and oxygen atoms in total. The summed E-state index contributed by atoms with van der Waals surface area (Å²) in [6.07, 6.45) is 3.18. The Kier molecular flexibility index (Phi) is 2.03. The van der Waals surface area contributed by atoms with E-state index in [4.69, 9.17) is 0 Å². The third-order valence-corrected chi connectivity index (χ3v) is 2.23. The molecule has 1 saturated carbocycles. The van der Waals surface area contributed by atoms with E-state index in [0.29, 0.717) is 6.54 Å². The van der Waals surface area contributed by atoms with Crippen molar-refractivity contribution >= 4 is 0 Å². The number of aromatic amines is 1. The standard InChI is InChI=1S/C8H11F2N3/c9-8(10)1-6(2-8)12-4-7-3-11-5-13-7/h3,5-6,12H,1-2,4H2,(H,11,13). The number of halogens is 2. The first kappa shape index (κ1) is 8.62. The molecule has 1 heterocycles. The number of nitrogens with one attached hydrogen (secondary N) is 2. The van der Waals surface area contributed by atoms with Crippen LogP contribution in [0.25, 0.3) is 0 Å². The molecule has 0 unspecified atom stereocenters. The number of imidazole rings is 1. The van der Waals surface area contributed by atoms with Crippen LogP contribution in [0.2, 0.25) is 0 Å². The van der Waals surface area contributed by atoms with Crippen molar-refractivity contribution in [2.24, 2.45) is 0 Å². The van der Waals surface area contributed by atoms with Gasteiger partial charge in [0.05, 0.1) is 6.33 Å². The first-order chi connectivity index (χ1) is 6.16. The normalized spacial score (nSPS) is 21.4. The molecular formula is C8H11F2N3. The molecular weight excluding hydrogens is 176 g/mol. The van der Waals surface area contributed by atoms with Crippen molar-refractivity contribution in [1.29, 1.82) is 0 Å². The number of rotatable bonds is 3. The zero-order valence-electron chi connectivity index (χ0n) is 7.06. The Labute approximate surface area is 74.6 Å². The van der Waals surface area contributed by atoms with Gasteiger partial charge in [-0.2, -0.15) is 0 Å². The summed E-state index contributed by atoms with van der Waals surface area (Å²) in [5.74, 6) is -2.44. The summed E-state index contributed by atoms with van der Waals surface area (Å²) in [6, 6.07) is -0.0432. The number of alkyl halides is 2. The number of aromatic nitrogens is 2. The van der Waals surface area contributed by atoms with Gasteiger partial charge in [0.2, 0.25) is 0 Å². The molecule has 0 aromatic carbocycles. The highest BCUT2D eigenvalue weighted by Gasteiger charge is 2.44. The van der Waals surface area contributed by atoms with Gasteiger partial charge in [-0.25, -0.2) is 13.8 Å². The fourth-order valence-corrected chi connectivity index (χ4v) is 1.44. The van der Waals surface area contributed by atoms with E-state index in [1.165, 1.54) is 0 Å². The Bertz CT molecular complexity index is 263. The fourth-order valence-electron chi connectivity index (χ4n) is 1.44. The Morgan fingerprint density at radius 3 is 2.92 bits per heavy atom. The van der Waals surface area contributed by atoms with Crippen molar-refractivity contribution in [2.75, 3.05) is 0 Å². The maximum Gasteiger partial charge on any atom is 0.251 e. The number of hydrogen-bond donors (Lipinski definition) is 2. The lowest BCUT2D eigenvalue weighted by molar-refractivity contribution is -0.0930. The van der Waals surface area contributed by atoms with Gasteiger partial charge in [0, 0.05) is 37.3 Å². The lowest BCUT2D eigenvalue weighted by atomic mass is 9.88. The van der Waals surface area contributed by atoms with E-state index in [1.54, 1.807) is 12.5 Å². The Balaban J connectivity index is 1.71. The summed E-state index contributed by atoms with van der Waals surface area (Å²) in [4.78, 5) is 6.73. The lowest BCUT2D eigenvalue weighted by Gasteiger charge is -2.35. The van der Waals surface area contributed by atoms with Crippen molar-refractivity contribution in [3.8, 4) is 0 Å². The van der Waals surface area contributed by atoms with Crippen LogP contribution in [0.5, 0.6) is 0 Å². The van der Waals surface area contributed by atoms with Gasteiger partial charge in [0.15, 0.2) is 0 Å². The highest BCUT2D eigenvalue weighted by molar-refractivity contribution is 4.97. The van der Waals surface area contributed by atoms with Crippen molar-refractivity contribution in [1.82, 2.24) is 15.3 Å². The minimum atomic E-state index is -2.44. The zero-order chi connectivity index (χ0) is 9.31. The molecule has 0 aliphatic heterocycles. The van der Waals surface area contributed by atoms with Crippen LogP contribution in [0, 0.1) is 0 Å². The van der Waals surface area contributed by atoms with Crippen LogP contribution in [-0.4, -0.2) is 21.9 Å². The molecule has 1 aliphatic rings. The first-order valence-corrected chi connectivity index (χ1v) is 4.24. The maximum absolute atomic E-state index is 12.4. The largest absolute Gasteiger partial charge is 0.347 e. The molecule has 2 rings (SSSR count). The zero-order valence-corrected chi connectivity index (χ0v) is 7.06. The molecule has 1 aliphatic carbocycles. The fraction of sp³-hybridized carbons (Fsp3) is 0.625. The minimum absolute atomic E-state index is 0.0405. The van der Waals surface area contributed by atoms with Crippen LogP contribution < -0.4 is 5.32 Å². The van der Waals surface area contributed by atoms with Crippen LogP contribution in [0.3, 0.4) is 0 Å². The molecule has 1 aromatic rings. The number of H-pyrrole nitrogens is 1. The van der Waals surface area contributed by atoms with E-state index in [2.05, 4.69) is 15.3 Å². The highest BCUT2D eigenvalue weighted by Crippen LogP contribution is 2.37. The second kappa shape index (κ2) is 3.06. The summed E-state index contributed by atoms with van der Waals surface area (Å²) in [7, 11) is 0. The Morgan fingerprint density at radius 1 is 1.62 bits per heavy atom. The molecule has 5 heteroatoms. The van der Waals surface area contributed by atoms with Gasteiger partial charge in [-0.3, -0.25) is 0 Å². The smallest absolute Gasteiger partial charge is 0.251 e. The molecule has 2 N–H and O–H groups in total. The predicted octanol–water partition coefficient (Wildman–Crippen LogP) is 1.30. The second-order valence-electron chi connectivity index (χ2n) is 3.42. The minimum Gasteiger partial charge on any atom is -0.347 e. The third-order valence-electron chi connectivity index (χ3n) is 2.23. The second-order valence-corrected chi connectivity index (χ2v) is 3.42. The van der Waals surface area contributed by atoms with Gasteiger partial charge in [0.25, 0.3) is 5.92 Å². The van der Waals surface area contributed by atoms with E-state index in [9.17, 15) is 8.78 Å². The van der Waals surface area contributed by atoms with Crippen LogP contribution in [0.15, 0.2) is 12.5 Å². The van der Waals surface area contributed by atoms with E-state index in [-0.39, 0.29) is 18.9 Å². The summed E-state index contributed by atoms with van der Waals surface area (Å²) in [6.45, 7) is 0.584. The third kappa shape index (κ3) is 2.03. The van der Waals surface area contributed by atoms with E-state index < -0.39 is 5.92 Å². The van der Waals surface area contributed by atoms with Gasteiger partial charge < -0.3 is 10.3 Å². The quantitative estimate of drug-likeness (QED) is 0.748. The van der Waals surface area contributed by atoms with Gasteiger partial charge in [-0.1, -0.05) is 0 Å². The molecule has 0 radical (unpaired) electrons. The van der Waals surface area contributed by atoms with Crippen LogP contribution in [-0.2, 0) is 6.54 Å². The molecule has 0 atom stereocenters. The van der Waals surface area contributed by atoms with Gasteiger partial charge in [-0.05, 0) is 0 Å². The molecule has 0 bridgehead atoms. The number of nitrogens with zero attached hydrogens (tertiary/aromatic N) is 1. The van der Waals surface area contributed by atoms with Gasteiger partial charge >= 0.3 is 0 Å². The molecule has 0 spiro atoms. The lowest BCUT2D eigenvalue weighted by Crippen LogP contribution is -2.48. The van der Waals surface area contributed by atoms with Crippen LogP contribution >= 0.6 is 0 Å². The van der Waals surface area contributed by atoms with Crippen LogP contribution in [0.4, 0.5) is 8.78 Å². The highest BCUT2D eigenvalue weighted by atomic mass is 19.3. The summed E-state index contributed by atoms with van der Waals surface area (Å²) < 4.78 is 24.8. The number of hydrogen-bond acceptors (Lipinski definition) is 2. The average Bonchev–Trinajstić information content (AvgIpc) is 2.48. The van der Waals surface area contributed by atoms with E-state index in [0.717, 1.165) is 5.69 Å². The summed E-state index contributed by atoms with van der Waals surface area (Å²) >= 11 is 0.